The van der Waals surface area contributed by atoms with Crippen LogP contribution in [0, 0.1) is 6.92 Å². The lowest BCUT2D eigenvalue weighted by atomic mass is 10.1. The Morgan fingerprint density at radius 3 is 2.59 bits per heavy atom. The first-order chi connectivity index (χ1) is 12.7. The SMILES string of the molecule is Cc1ccc(-c2nn(CC(F)F)c3ccc(C(=O)N4CC(F)(F)C4)cc23)s1. The molecule has 0 atom stereocenters. The van der Waals surface area contributed by atoms with Gasteiger partial charge in [0.1, 0.15) is 12.2 Å². The summed E-state index contributed by atoms with van der Waals surface area (Å²) in [5.74, 6) is -3.35. The highest BCUT2D eigenvalue weighted by Crippen LogP contribution is 2.34. The van der Waals surface area contributed by atoms with Gasteiger partial charge in [0.15, 0.2) is 0 Å². The van der Waals surface area contributed by atoms with Crippen molar-refractivity contribution in [3.8, 4) is 10.6 Å². The van der Waals surface area contributed by atoms with Crippen LogP contribution < -0.4 is 0 Å². The zero-order chi connectivity index (χ0) is 19.3. The summed E-state index contributed by atoms with van der Waals surface area (Å²) in [6.45, 7) is 0.148. The molecule has 0 saturated carbocycles. The predicted molar refractivity (Wildman–Crippen MR) is 94.6 cm³/mol. The number of hydrogen-bond acceptors (Lipinski definition) is 3. The molecule has 0 N–H and O–H groups in total. The molecule has 0 bridgehead atoms. The van der Waals surface area contributed by atoms with E-state index in [0.29, 0.717) is 16.6 Å². The van der Waals surface area contributed by atoms with E-state index >= 15 is 0 Å². The van der Waals surface area contributed by atoms with Gasteiger partial charge < -0.3 is 4.90 Å². The second-order valence-corrected chi connectivity index (χ2v) is 7.87. The Hall–Kier alpha value is -2.42. The van der Waals surface area contributed by atoms with Crippen LogP contribution >= 0.6 is 11.3 Å². The molecule has 27 heavy (non-hydrogen) atoms. The maximum Gasteiger partial charge on any atom is 0.282 e. The van der Waals surface area contributed by atoms with Gasteiger partial charge in [0.05, 0.1) is 23.5 Å². The van der Waals surface area contributed by atoms with Gasteiger partial charge in [-0.3, -0.25) is 9.48 Å². The van der Waals surface area contributed by atoms with E-state index in [1.807, 2.05) is 19.1 Å². The predicted octanol–water partition coefficient (Wildman–Crippen LogP) is 4.43. The van der Waals surface area contributed by atoms with Gasteiger partial charge in [-0.25, -0.2) is 17.6 Å². The minimum Gasteiger partial charge on any atom is -0.326 e. The minimum atomic E-state index is -2.85. The average Bonchev–Trinajstić information content (AvgIpc) is 3.15. The molecule has 4 nitrogen and oxygen atoms in total. The van der Waals surface area contributed by atoms with E-state index in [2.05, 4.69) is 5.10 Å². The van der Waals surface area contributed by atoms with E-state index < -0.39 is 37.9 Å². The van der Waals surface area contributed by atoms with E-state index in [1.165, 1.54) is 22.1 Å². The number of carbonyl (C=O) groups is 1. The second kappa shape index (κ2) is 6.33. The summed E-state index contributed by atoms with van der Waals surface area (Å²) >= 11 is 1.47. The number of likely N-dealkylation sites (tertiary alicyclic amines) is 1. The van der Waals surface area contributed by atoms with Crippen LogP contribution in [-0.4, -0.2) is 46.0 Å². The van der Waals surface area contributed by atoms with Crippen LogP contribution in [-0.2, 0) is 6.54 Å². The first-order valence-electron chi connectivity index (χ1n) is 8.26. The van der Waals surface area contributed by atoms with Crippen molar-refractivity contribution in [1.82, 2.24) is 14.7 Å². The van der Waals surface area contributed by atoms with Crippen molar-refractivity contribution in [2.75, 3.05) is 13.1 Å². The molecule has 1 aliphatic rings. The molecule has 0 aliphatic carbocycles. The van der Waals surface area contributed by atoms with Crippen molar-refractivity contribution in [3.05, 3.63) is 40.8 Å². The number of benzene rings is 1. The quantitative estimate of drug-likeness (QED) is 0.611. The highest BCUT2D eigenvalue weighted by atomic mass is 32.1. The molecule has 1 aromatic carbocycles. The van der Waals surface area contributed by atoms with Crippen LogP contribution in [0.15, 0.2) is 30.3 Å². The smallest absolute Gasteiger partial charge is 0.282 e. The molecule has 0 spiro atoms. The van der Waals surface area contributed by atoms with E-state index in [4.69, 9.17) is 0 Å². The molecule has 1 saturated heterocycles. The number of rotatable bonds is 4. The molecule has 9 heteroatoms. The third-order valence-electron chi connectivity index (χ3n) is 4.41. The monoisotopic (exact) mass is 397 g/mol. The molecule has 2 aromatic heterocycles. The van der Waals surface area contributed by atoms with E-state index in [0.717, 1.165) is 14.7 Å². The van der Waals surface area contributed by atoms with Gasteiger partial charge in [-0.05, 0) is 37.3 Å². The summed E-state index contributed by atoms with van der Waals surface area (Å²) in [6.07, 6.45) is -2.57. The highest BCUT2D eigenvalue weighted by Gasteiger charge is 2.46. The van der Waals surface area contributed by atoms with Crippen LogP contribution in [0.4, 0.5) is 17.6 Å². The molecule has 142 valence electrons. The van der Waals surface area contributed by atoms with E-state index in [9.17, 15) is 22.4 Å². The zero-order valence-electron chi connectivity index (χ0n) is 14.3. The molecule has 0 radical (unpaired) electrons. The van der Waals surface area contributed by atoms with Gasteiger partial charge in [0.25, 0.3) is 18.3 Å². The molecule has 3 heterocycles. The summed E-state index contributed by atoms with van der Waals surface area (Å²) in [5.41, 5.74) is 1.22. The molecule has 1 aliphatic heterocycles. The minimum absolute atomic E-state index is 0.240. The number of nitrogens with zero attached hydrogens (tertiary/aromatic N) is 3. The summed E-state index contributed by atoms with van der Waals surface area (Å²) < 4.78 is 53.2. The Bertz CT molecular complexity index is 1020. The number of hydrogen-bond donors (Lipinski definition) is 0. The van der Waals surface area contributed by atoms with Gasteiger partial charge >= 0.3 is 0 Å². The molecule has 0 unspecified atom stereocenters. The van der Waals surface area contributed by atoms with Crippen molar-refractivity contribution in [3.63, 3.8) is 0 Å². The molecular weight excluding hydrogens is 382 g/mol. The molecular formula is C18H15F4N3OS. The summed E-state index contributed by atoms with van der Waals surface area (Å²) in [5, 5.41) is 4.87. The Morgan fingerprint density at radius 1 is 1.26 bits per heavy atom. The lowest BCUT2D eigenvalue weighted by Gasteiger charge is -2.38. The average molecular weight is 397 g/mol. The number of carbonyl (C=O) groups excluding carboxylic acids is 1. The lowest BCUT2D eigenvalue weighted by Crippen LogP contribution is -2.58. The number of aryl methyl sites for hydroxylation is 1. The normalized spacial score (nSPS) is 16.1. The first-order valence-corrected chi connectivity index (χ1v) is 9.08. The molecule has 3 aromatic rings. The number of fused-ring (bicyclic) bond motifs is 1. The number of thiophene rings is 1. The number of halogens is 4. The van der Waals surface area contributed by atoms with Crippen LogP contribution in [0.2, 0.25) is 0 Å². The fraction of sp³-hybridized carbons (Fsp3) is 0.333. The molecule has 1 amide bonds. The highest BCUT2D eigenvalue weighted by molar-refractivity contribution is 7.15. The third-order valence-corrected chi connectivity index (χ3v) is 5.42. The van der Waals surface area contributed by atoms with Crippen molar-refractivity contribution in [2.24, 2.45) is 0 Å². The van der Waals surface area contributed by atoms with Gasteiger partial charge in [0, 0.05) is 15.8 Å². The maximum absolute atomic E-state index is 13.1. The van der Waals surface area contributed by atoms with Crippen LogP contribution in [0.5, 0.6) is 0 Å². The van der Waals surface area contributed by atoms with E-state index in [-0.39, 0.29) is 5.56 Å². The van der Waals surface area contributed by atoms with Crippen molar-refractivity contribution in [2.45, 2.75) is 25.8 Å². The zero-order valence-corrected chi connectivity index (χ0v) is 15.1. The maximum atomic E-state index is 13.1. The first kappa shape index (κ1) is 18.0. The summed E-state index contributed by atoms with van der Waals surface area (Å²) in [7, 11) is 0. The van der Waals surface area contributed by atoms with Crippen molar-refractivity contribution >= 4 is 28.1 Å². The molecule has 4 rings (SSSR count). The fourth-order valence-corrected chi connectivity index (χ4v) is 4.03. The van der Waals surface area contributed by atoms with Crippen LogP contribution in [0.1, 0.15) is 15.2 Å². The fourth-order valence-electron chi connectivity index (χ4n) is 3.16. The van der Waals surface area contributed by atoms with E-state index in [1.54, 1.807) is 12.1 Å². The number of alkyl halides is 4. The Kier molecular flexibility index (Phi) is 4.21. The molecule has 1 fully saturated rings. The van der Waals surface area contributed by atoms with Gasteiger partial charge in [-0.2, -0.15) is 5.10 Å². The number of aromatic nitrogens is 2. The topological polar surface area (TPSA) is 38.1 Å². The van der Waals surface area contributed by atoms with Crippen LogP contribution in [0.25, 0.3) is 21.5 Å². The summed E-state index contributed by atoms with van der Waals surface area (Å²) in [6, 6.07) is 8.30. The van der Waals surface area contributed by atoms with Gasteiger partial charge in [0.2, 0.25) is 0 Å². The standard InChI is InChI=1S/C18H15F4N3OS/c1-10-2-5-14(27-10)16-12-6-11(17(26)24-8-18(21,22)9-24)3-4-13(12)25(23-16)7-15(19)20/h2-6,15H,7-9H2,1H3. The Balaban J connectivity index is 1.78. The lowest BCUT2D eigenvalue weighted by molar-refractivity contribution is -0.113. The van der Waals surface area contributed by atoms with Gasteiger partial charge in [-0.15, -0.1) is 11.3 Å². The third kappa shape index (κ3) is 3.31. The Morgan fingerprint density at radius 2 is 2.00 bits per heavy atom. The second-order valence-electron chi connectivity index (χ2n) is 6.58. The van der Waals surface area contributed by atoms with Crippen molar-refractivity contribution < 1.29 is 22.4 Å². The summed E-state index contributed by atoms with van der Waals surface area (Å²) in [4.78, 5) is 15.3. The van der Waals surface area contributed by atoms with Gasteiger partial charge in [-0.1, -0.05) is 0 Å². The Labute approximate surface area is 156 Å². The van der Waals surface area contributed by atoms with Crippen molar-refractivity contribution in [1.29, 1.82) is 0 Å². The number of amides is 1. The van der Waals surface area contributed by atoms with Crippen LogP contribution in [0.3, 0.4) is 0 Å². The largest absolute Gasteiger partial charge is 0.326 e.